The third-order valence-electron chi connectivity index (χ3n) is 7.01. The molecule has 8 heteroatoms. The number of carbonyl (C=O) groups excluding carboxylic acids is 2. The molecule has 7 nitrogen and oxygen atoms in total. The van der Waals surface area contributed by atoms with Crippen LogP contribution in [0.15, 0.2) is 48.5 Å². The summed E-state index contributed by atoms with van der Waals surface area (Å²) in [4.78, 5) is 27.9. The standard InChI is InChI=1S/C28H35NO6S/c1-28(2,3)35-27(32)29(16-18-11-12-19(33-4)13-23(18)34-5)22-14-21-20(22)15-24(25(21)30)36-26(31)17-9-7-6-8-10-17/h6-13,20-22,24-25,30H,14-16H2,1-5H3/t20-,21?,22+,24+,25+/m0/s1. The molecule has 0 heterocycles. The van der Waals surface area contributed by atoms with E-state index in [1.165, 1.54) is 11.8 Å². The van der Waals surface area contributed by atoms with E-state index in [-0.39, 0.29) is 28.2 Å². The van der Waals surface area contributed by atoms with Gasteiger partial charge < -0.3 is 24.2 Å². The SMILES string of the molecule is COc1ccc(CN(C(=O)OC(C)(C)C)[C@@H]2CC3[C@@H](O)[C@H](SC(=O)c4ccccc4)C[C@@H]32)c(OC)c1. The lowest BCUT2D eigenvalue weighted by Crippen LogP contribution is -2.55. The van der Waals surface area contributed by atoms with Gasteiger partial charge in [-0.1, -0.05) is 42.1 Å². The fraction of sp³-hybridized carbons (Fsp3) is 0.500. The number of aliphatic hydroxyl groups excluding tert-OH is 1. The molecule has 2 aromatic carbocycles. The molecule has 4 rings (SSSR count). The summed E-state index contributed by atoms with van der Waals surface area (Å²) in [5.41, 5.74) is 0.835. The van der Waals surface area contributed by atoms with Crippen LogP contribution in [-0.2, 0) is 11.3 Å². The van der Waals surface area contributed by atoms with Gasteiger partial charge in [-0.15, -0.1) is 0 Å². The van der Waals surface area contributed by atoms with E-state index in [9.17, 15) is 14.7 Å². The van der Waals surface area contributed by atoms with Crippen molar-refractivity contribution in [2.24, 2.45) is 11.8 Å². The van der Waals surface area contributed by atoms with Crippen molar-refractivity contribution in [2.45, 2.75) is 63.2 Å². The monoisotopic (exact) mass is 513 g/mol. The number of rotatable bonds is 7. The minimum absolute atomic E-state index is 0.0375. The first-order valence-corrected chi connectivity index (χ1v) is 13.1. The van der Waals surface area contributed by atoms with Gasteiger partial charge in [-0.25, -0.2) is 4.79 Å². The van der Waals surface area contributed by atoms with E-state index in [4.69, 9.17) is 14.2 Å². The molecule has 1 amide bonds. The Kier molecular flexibility index (Phi) is 7.85. The maximum atomic E-state index is 13.4. The Labute approximate surface area is 217 Å². The molecule has 1 N–H and O–H groups in total. The highest BCUT2D eigenvalue weighted by Crippen LogP contribution is 2.53. The normalized spacial score (nSPS) is 24.9. The van der Waals surface area contributed by atoms with E-state index in [0.717, 1.165) is 5.56 Å². The lowest BCUT2D eigenvalue weighted by Gasteiger charge is -2.47. The van der Waals surface area contributed by atoms with Gasteiger partial charge in [-0.3, -0.25) is 4.79 Å². The lowest BCUT2D eigenvalue weighted by atomic mass is 9.70. The van der Waals surface area contributed by atoms with Crippen molar-refractivity contribution >= 4 is 23.0 Å². The second kappa shape index (κ2) is 10.7. The molecule has 0 saturated heterocycles. The average molecular weight is 514 g/mol. The van der Waals surface area contributed by atoms with Gasteiger partial charge in [0.15, 0.2) is 0 Å². The zero-order valence-corrected chi connectivity index (χ0v) is 22.3. The van der Waals surface area contributed by atoms with Crippen LogP contribution in [0.2, 0.25) is 0 Å². The van der Waals surface area contributed by atoms with E-state index in [0.29, 0.717) is 36.4 Å². The van der Waals surface area contributed by atoms with E-state index in [1.807, 2.05) is 51.1 Å². The molecule has 0 aromatic heterocycles. The van der Waals surface area contributed by atoms with Crippen LogP contribution < -0.4 is 9.47 Å². The van der Waals surface area contributed by atoms with Gasteiger partial charge in [-0.05, 0) is 57.6 Å². The van der Waals surface area contributed by atoms with Gasteiger partial charge in [0.1, 0.15) is 17.1 Å². The van der Waals surface area contributed by atoms with Crippen LogP contribution >= 0.6 is 11.8 Å². The maximum absolute atomic E-state index is 13.4. The summed E-state index contributed by atoms with van der Waals surface area (Å²) in [7, 11) is 3.19. The van der Waals surface area contributed by atoms with E-state index < -0.39 is 17.8 Å². The summed E-state index contributed by atoms with van der Waals surface area (Å²) < 4.78 is 16.7. The van der Waals surface area contributed by atoms with Crippen LogP contribution in [-0.4, -0.2) is 58.4 Å². The average Bonchev–Trinajstić information content (AvgIpc) is 3.07. The number of fused-ring (bicyclic) bond motifs is 1. The van der Waals surface area contributed by atoms with Crippen LogP contribution in [0, 0.1) is 11.8 Å². The van der Waals surface area contributed by atoms with Crippen molar-refractivity contribution < 1.29 is 28.9 Å². The molecule has 2 fully saturated rings. The molecule has 194 valence electrons. The van der Waals surface area contributed by atoms with Crippen molar-refractivity contribution in [3.8, 4) is 11.5 Å². The Hall–Kier alpha value is -2.71. The number of amides is 1. The molecule has 0 aliphatic heterocycles. The van der Waals surface area contributed by atoms with Crippen LogP contribution in [0.4, 0.5) is 4.79 Å². The number of aliphatic hydroxyl groups is 1. The predicted octanol–water partition coefficient (Wildman–Crippen LogP) is 5.15. The molecule has 1 unspecified atom stereocenters. The Morgan fingerprint density at radius 2 is 1.75 bits per heavy atom. The summed E-state index contributed by atoms with van der Waals surface area (Å²) in [6.45, 7) is 5.86. The van der Waals surface area contributed by atoms with Gasteiger partial charge in [0.05, 0.1) is 26.9 Å². The summed E-state index contributed by atoms with van der Waals surface area (Å²) in [5.74, 6) is 1.45. The van der Waals surface area contributed by atoms with Gasteiger partial charge >= 0.3 is 6.09 Å². The van der Waals surface area contributed by atoms with Crippen LogP contribution in [0.1, 0.15) is 49.5 Å². The van der Waals surface area contributed by atoms with Crippen molar-refractivity contribution in [2.75, 3.05) is 14.2 Å². The second-order valence-corrected chi connectivity index (χ2v) is 11.7. The smallest absolute Gasteiger partial charge is 0.410 e. The predicted molar refractivity (Wildman–Crippen MR) is 139 cm³/mol. The van der Waals surface area contributed by atoms with Crippen LogP contribution in [0.3, 0.4) is 0 Å². The fourth-order valence-electron chi connectivity index (χ4n) is 5.19. The van der Waals surface area contributed by atoms with Crippen molar-refractivity contribution in [3.05, 3.63) is 59.7 Å². The van der Waals surface area contributed by atoms with E-state index in [2.05, 4.69) is 0 Å². The number of ether oxygens (including phenoxy) is 3. The first kappa shape index (κ1) is 26.4. The first-order chi connectivity index (χ1) is 17.1. The van der Waals surface area contributed by atoms with Gasteiger partial charge in [0, 0.05) is 28.5 Å². The van der Waals surface area contributed by atoms with Crippen LogP contribution in [0.25, 0.3) is 0 Å². The number of methoxy groups -OCH3 is 2. The molecular weight excluding hydrogens is 478 g/mol. The number of nitrogens with zero attached hydrogens (tertiary/aromatic N) is 1. The highest BCUT2D eigenvalue weighted by molar-refractivity contribution is 8.14. The van der Waals surface area contributed by atoms with Crippen molar-refractivity contribution in [1.82, 2.24) is 4.90 Å². The second-order valence-electron chi connectivity index (χ2n) is 10.5. The molecular formula is C28H35NO6S. The molecule has 2 aromatic rings. The molecule has 5 atom stereocenters. The number of hydrogen-bond acceptors (Lipinski definition) is 7. The number of benzene rings is 2. The number of hydrogen-bond donors (Lipinski definition) is 1. The summed E-state index contributed by atoms with van der Waals surface area (Å²) >= 11 is 1.20. The molecule has 0 bridgehead atoms. The quantitative estimate of drug-likeness (QED) is 0.548. The van der Waals surface area contributed by atoms with Gasteiger partial charge in [0.25, 0.3) is 0 Å². The third-order valence-corrected chi connectivity index (χ3v) is 8.24. The molecule has 0 spiro atoms. The van der Waals surface area contributed by atoms with Crippen molar-refractivity contribution in [3.63, 3.8) is 0 Å². The third kappa shape index (κ3) is 5.65. The highest BCUT2D eigenvalue weighted by Gasteiger charge is 2.56. The topological polar surface area (TPSA) is 85.3 Å². The molecule has 2 aliphatic carbocycles. The summed E-state index contributed by atoms with van der Waals surface area (Å²) in [6.07, 6.45) is 0.355. The van der Waals surface area contributed by atoms with Gasteiger partial charge in [-0.2, -0.15) is 0 Å². The van der Waals surface area contributed by atoms with Crippen LogP contribution in [0.5, 0.6) is 11.5 Å². The molecule has 36 heavy (non-hydrogen) atoms. The van der Waals surface area contributed by atoms with E-state index in [1.54, 1.807) is 37.3 Å². The number of carbonyl (C=O) groups is 2. The molecule has 0 radical (unpaired) electrons. The Morgan fingerprint density at radius 1 is 1.03 bits per heavy atom. The van der Waals surface area contributed by atoms with E-state index >= 15 is 0 Å². The Bertz CT molecular complexity index is 1090. The Morgan fingerprint density at radius 3 is 2.39 bits per heavy atom. The maximum Gasteiger partial charge on any atom is 0.410 e. The zero-order chi connectivity index (χ0) is 26.0. The number of thioether (sulfide) groups is 1. The first-order valence-electron chi connectivity index (χ1n) is 12.3. The summed E-state index contributed by atoms with van der Waals surface area (Å²) in [5, 5.41) is 10.7. The fourth-order valence-corrected chi connectivity index (χ4v) is 6.39. The lowest BCUT2D eigenvalue weighted by molar-refractivity contribution is -0.0424. The zero-order valence-electron chi connectivity index (χ0n) is 21.5. The molecule has 2 aliphatic rings. The minimum Gasteiger partial charge on any atom is -0.497 e. The Balaban J connectivity index is 1.52. The van der Waals surface area contributed by atoms with Gasteiger partial charge in [0.2, 0.25) is 5.12 Å². The molecule has 2 saturated carbocycles. The minimum atomic E-state index is -0.641. The highest BCUT2D eigenvalue weighted by atomic mass is 32.2. The van der Waals surface area contributed by atoms with Crippen molar-refractivity contribution in [1.29, 1.82) is 0 Å². The summed E-state index contributed by atoms with van der Waals surface area (Å²) in [6, 6.07) is 14.6. The largest absolute Gasteiger partial charge is 0.497 e.